The van der Waals surface area contributed by atoms with Gasteiger partial charge in [0.05, 0.1) is 5.41 Å². The van der Waals surface area contributed by atoms with Crippen molar-refractivity contribution in [3.05, 3.63) is 30.3 Å². The molecular weight excluding hydrogens is 212 g/mol. The Balaban J connectivity index is 3.00. The van der Waals surface area contributed by atoms with Gasteiger partial charge in [0.1, 0.15) is 0 Å². The first-order valence-corrected chi connectivity index (χ1v) is 6.16. The lowest BCUT2D eigenvalue weighted by atomic mass is 9.86. The number of nitrogens with two attached hydrogens (primary N) is 1. The molecule has 3 heteroatoms. The second-order valence-electron chi connectivity index (χ2n) is 4.50. The van der Waals surface area contributed by atoms with Crippen molar-refractivity contribution in [3.63, 3.8) is 0 Å². The number of nitrogens with zero attached hydrogens (tertiary/aromatic N) is 1. The summed E-state index contributed by atoms with van der Waals surface area (Å²) in [5.41, 5.74) is 6.21. The Labute approximate surface area is 104 Å². The van der Waals surface area contributed by atoms with Crippen LogP contribution >= 0.6 is 0 Å². The van der Waals surface area contributed by atoms with Gasteiger partial charge in [0.15, 0.2) is 0 Å². The highest BCUT2D eigenvalue weighted by Gasteiger charge is 2.33. The molecule has 1 aromatic rings. The molecule has 0 fully saturated rings. The first kappa shape index (κ1) is 13.7. The molecule has 0 saturated heterocycles. The van der Waals surface area contributed by atoms with Crippen molar-refractivity contribution in [3.8, 4) is 0 Å². The number of para-hydroxylation sites is 1. The predicted molar refractivity (Wildman–Crippen MR) is 71.9 cm³/mol. The lowest BCUT2D eigenvalue weighted by molar-refractivity contribution is -0.127. The molecule has 1 atom stereocenters. The fourth-order valence-electron chi connectivity index (χ4n) is 1.76. The van der Waals surface area contributed by atoms with Crippen molar-refractivity contribution in [2.24, 2.45) is 11.1 Å². The first-order chi connectivity index (χ1) is 8.09. The number of anilines is 1. The third-order valence-electron chi connectivity index (χ3n) is 3.38. The molecule has 94 valence electrons. The Bertz CT molecular complexity index is 358. The van der Waals surface area contributed by atoms with E-state index in [2.05, 4.69) is 0 Å². The average molecular weight is 234 g/mol. The number of carbonyl (C=O) groups is 1. The first-order valence-electron chi connectivity index (χ1n) is 6.16. The smallest absolute Gasteiger partial charge is 0.234 e. The van der Waals surface area contributed by atoms with Gasteiger partial charge < -0.3 is 10.6 Å². The monoisotopic (exact) mass is 234 g/mol. The van der Waals surface area contributed by atoms with E-state index in [-0.39, 0.29) is 5.91 Å². The Kier molecular flexibility index (Phi) is 4.70. The van der Waals surface area contributed by atoms with E-state index in [1.807, 2.05) is 51.1 Å². The maximum absolute atomic E-state index is 12.5. The minimum absolute atomic E-state index is 0.108. The molecule has 0 heterocycles. The molecule has 1 aromatic carbocycles. The van der Waals surface area contributed by atoms with E-state index in [9.17, 15) is 4.79 Å². The second-order valence-corrected chi connectivity index (χ2v) is 4.50. The van der Waals surface area contributed by atoms with E-state index in [1.165, 1.54) is 0 Å². The summed E-state index contributed by atoms with van der Waals surface area (Å²) in [5, 5.41) is 0. The van der Waals surface area contributed by atoms with E-state index < -0.39 is 5.41 Å². The maximum Gasteiger partial charge on any atom is 0.234 e. The minimum atomic E-state index is -0.466. The van der Waals surface area contributed by atoms with Crippen LogP contribution in [0.5, 0.6) is 0 Å². The molecule has 3 nitrogen and oxygen atoms in total. The summed E-state index contributed by atoms with van der Waals surface area (Å²) in [6, 6.07) is 9.74. The normalized spacial score (nSPS) is 14.1. The van der Waals surface area contributed by atoms with E-state index >= 15 is 0 Å². The summed E-state index contributed by atoms with van der Waals surface area (Å²) in [5.74, 6) is 0.108. The third kappa shape index (κ3) is 2.86. The zero-order valence-corrected chi connectivity index (χ0v) is 10.9. The summed E-state index contributed by atoms with van der Waals surface area (Å²) < 4.78 is 0. The Morgan fingerprint density at radius 1 is 1.29 bits per heavy atom. The van der Waals surface area contributed by atoms with Crippen molar-refractivity contribution in [1.29, 1.82) is 0 Å². The topological polar surface area (TPSA) is 46.3 Å². The van der Waals surface area contributed by atoms with Crippen LogP contribution in [0.15, 0.2) is 30.3 Å². The lowest BCUT2D eigenvalue weighted by Gasteiger charge is -2.32. The maximum atomic E-state index is 12.5. The van der Waals surface area contributed by atoms with Crippen LogP contribution in [0.4, 0.5) is 5.69 Å². The number of amides is 1. The summed E-state index contributed by atoms with van der Waals surface area (Å²) >= 11 is 0. The SMILES string of the molecule is CCN(C(=O)C(C)(CC)CN)c1ccccc1. The number of carbonyl (C=O) groups excluding carboxylic acids is 1. The van der Waals surface area contributed by atoms with Crippen LogP contribution in [0.1, 0.15) is 27.2 Å². The van der Waals surface area contributed by atoms with Gasteiger partial charge in [-0.2, -0.15) is 0 Å². The predicted octanol–water partition coefficient (Wildman–Crippen LogP) is 2.41. The zero-order valence-electron chi connectivity index (χ0n) is 10.9. The second kappa shape index (κ2) is 5.82. The van der Waals surface area contributed by atoms with Gasteiger partial charge in [-0.3, -0.25) is 4.79 Å². The minimum Gasteiger partial charge on any atom is -0.329 e. The van der Waals surface area contributed by atoms with Gasteiger partial charge in [-0.1, -0.05) is 25.1 Å². The summed E-state index contributed by atoms with van der Waals surface area (Å²) in [7, 11) is 0. The van der Waals surface area contributed by atoms with Gasteiger partial charge in [-0.15, -0.1) is 0 Å². The highest BCUT2D eigenvalue weighted by atomic mass is 16.2. The van der Waals surface area contributed by atoms with Gasteiger partial charge >= 0.3 is 0 Å². The molecule has 2 N–H and O–H groups in total. The fourth-order valence-corrected chi connectivity index (χ4v) is 1.76. The Hall–Kier alpha value is -1.35. The van der Waals surface area contributed by atoms with Crippen LogP contribution in [0.2, 0.25) is 0 Å². The molecule has 0 bridgehead atoms. The number of benzene rings is 1. The molecule has 1 rings (SSSR count). The fraction of sp³-hybridized carbons (Fsp3) is 0.500. The molecule has 1 unspecified atom stereocenters. The van der Waals surface area contributed by atoms with Gasteiger partial charge in [-0.25, -0.2) is 0 Å². The quantitative estimate of drug-likeness (QED) is 0.850. The number of hydrogen-bond donors (Lipinski definition) is 1. The highest BCUT2D eigenvalue weighted by Crippen LogP contribution is 2.26. The molecule has 0 radical (unpaired) electrons. The van der Waals surface area contributed by atoms with Crippen molar-refractivity contribution >= 4 is 11.6 Å². The number of hydrogen-bond acceptors (Lipinski definition) is 2. The van der Waals surface area contributed by atoms with E-state index in [4.69, 9.17) is 5.73 Å². The zero-order chi connectivity index (χ0) is 12.9. The summed E-state index contributed by atoms with van der Waals surface area (Å²) in [6.45, 7) is 6.96. The largest absolute Gasteiger partial charge is 0.329 e. The molecule has 0 aromatic heterocycles. The summed E-state index contributed by atoms with van der Waals surface area (Å²) in [6.07, 6.45) is 0.756. The third-order valence-corrected chi connectivity index (χ3v) is 3.38. The Morgan fingerprint density at radius 3 is 2.29 bits per heavy atom. The van der Waals surface area contributed by atoms with Crippen LogP contribution in [-0.2, 0) is 4.79 Å². The van der Waals surface area contributed by atoms with E-state index in [0.29, 0.717) is 13.1 Å². The molecule has 0 aliphatic heterocycles. The molecule has 0 saturated carbocycles. The molecule has 17 heavy (non-hydrogen) atoms. The Morgan fingerprint density at radius 2 is 1.88 bits per heavy atom. The van der Waals surface area contributed by atoms with Gasteiger partial charge in [0, 0.05) is 18.8 Å². The standard InChI is InChI=1S/C14H22N2O/c1-4-14(3,11-15)13(17)16(5-2)12-9-7-6-8-10-12/h6-10H,4-5,11,15H2,1-3H3. The van der Waals surface area contributed by atoms with E-state index in [1.54, 1.807) is 4.90 Å². The lowest BCUT2D eigenvalue weighted by Crippen LogP contribution is -2.46. The van der Waals surface area contributed by atoms with Crippen LogP contribution in [0, 0.1) is 5.41 Å². The highest BCUT2D eigenvalue weighted by molar-refractivity contribution is 5.97. The van der Waals surface area contributed by atoms with Gasteiger partial charge in [0.2, 0.25) is 5.91 Å². The molecule has 0 spiro atoms. The van der Waals surface area contributed by atoms with E-state index in [0.717, 1.165) is 12.1 Å². The van der Waals surface area contributed by atoms with Crippen LogP contribution in [0.25, 0.3) is 0 Å². The molecule has 0 aliphatic carbocycles. The van der Waals surface area contributed by atoms with Crippen molar-refractivity contribution < 1.29 is 4.79 Å². The van der Waals surface area contributed by atoms with Crippen LogP contribution in [0.3, 0.4) is 0 Å². The van der Waals surface area contributed by atoms with Crippen molar-refractivity contribution in [1.82, 2.24) is 0 Å². The van der Waals surface area contributed by atoms with Crippen molar-refractivity contribution in [2.75, 3.05) is 18.0 Å². The van der Waals surface area contributed by atoms with Crippen molar-refractivity contribution in [2.45, 2.75) is 27.2 Å². The molecular formula is C14H22N2O. The van der Waals surface area contributed by atoms with Crippen LogP contribution in [-0.4, -0.2) is 19.0 Å². The number of rotatable bonds is 5. The molecule has 0 aliphatic rings. The average Bonchev–Trinajstić information content (AvgIpc) is 2.39. The van der Waals surface area contributed by atoms with Gasteiger partial charge in [0.25, 0.3) is 0 Å². The van der Waals surface area contributed by atoms with Crippen LogP contribution < -0.4 is 10.6 Å². The molecule has 1 amide bonds. The van der Waals surface area contributed by atoms with Gasteiger partial charge in [-0.05, 0) is 32.4 Å². The summed E-state index contributed by atoms with van der Waals surface area (Å²) in [4.78, 5) is 14.3.